The highest BCUT2D eigenvalue weighted by Crippen LogP contribution is 2.26. The molecule has 108 valence electrons. The molecule has 0 saturated carbocycles. The first-order valence-corrected chi connectivity index (χ1v) is 6.78. The lowest BCUT2D eigenvalue weighted by Gasteiger charge is -2.23. The molecular formula is C14H16ClNO4. The Kier molecular flexibility index (Phi) is 4.49. The fourth-order valence-electron chi connectivity index (χ4n) is 2.39. The van der Waals surface area contributed by atoms with Crippen molar-refractivity contribution in [3.05, 3.63) is 29.3 Å². The number of ether oxygens (including phenoxy) is 1. The van der Waals surface area contributed by atoms with Crippen molar-refractivity contribution in [1.29, 1.82) is 0 Å². The average Bonchev–Trinajstić information content (AvgIpc) is 2.79. The molecule has 5 nitrogen and oxygen atoms in total. The van der Waals surface area contributed by atoms with Crippen LogP contribution in [0.3, 0.4) is 0 Å². The van der Waals surface area contributed by atoms with Crippen molar-refractivity contribution >= 4 is 23.5 Å². The highest BCUT2D eigenvalue weighted by molar-refractivity contribution is 6.32. The summed E-state index contributed by atoms with van der Waals surface area (Å²) in [7, 11) is 0. The van der Waals surface area contributed by atoms with Crippen molar-refractivity contribution < 1.29 is 19.4 Å². The van der Waals surface area contributed by atoms with Crippen LogP contribution in [0.25, 0.3) is 0 Å². The van der Waals surface area contributed by atoms with Gasteiger partial charge in [0.25, 0.3) is 5.91 Å². The van der Waals surface area contributed by atoms with Gasteiger partial charge in [-0.2, -0.15) is 0 Å². The van der Waals surface area contributed by atoms with Crippen LogP contribution in [-0.2, 0) is 9.59 Å². The summed E-state index contributed by atoms with van der Waals surface area (Å²) in [6.45, 7) is 2.07. The summed E-state index contributed by atoms with van der Waals surface area (Å²) in [4.78, 5) is 24.6. The Bertz CT molecular complexity index is 520. The lowest BCUT2D eigenvalue weighted by molar-refractivity contribution is -0.150. The Morgan fingerprint density at radius 1 is 1.45 bits per heavy atom. The second-order valence-electron chi connectivity index (χ2n) is 4.86. The molecule has 1 aliphatic heterocycles. The van der Waals surface area contributed by atoms with E-state index < -0.39 is 12.0 Å². The predicted octanol–water partition coefficient (Wildman–Crippen LogP) is 2.04. The van der Waals surface area contributed by atoms with Crippen molar-refractivity contribution in [1.82, 2.24) is 4.90 Å². The number of carbonyl (C=O) groups is 2. The molecule has 1 fully saturated rings. The van der Waals surface area contributed by atoms with E-state index in [4.69, 9.17) is 16.3 Å². The minimum absolute atomic E-state index is 0.0447. The van der Waals surface area contributed by atoms with Gasteiger partial charge < -0.3 is 14.7 Å². The third-order valence-corrected chi connectivity index (χ3v) is 3.77. The number of benzene rings is 1. The first-order valence-electron chi connectivity index (χ1n) is 6.40. The molecule has 6 heteroatoms. The molecule has 1 heterocycles. The summed E-state index contributed by atoms with van der Waals surface area (Å²) in [6, 6.07) is 6.08. The maximum atomic E-state index is 12.1. The lowest BCUT2D eigenvalue weighted by atomic mass is 10.0. The molecule has 2 rings (SSSR count). The number of carboxylic acids is 1. The largest absolute Gasteiger partial charge is 0.482 e. The summed E-state index contributed by atoms with van der Waals surface area (Å²) in [5.74, 6) is -0.929. The fourth-order valence-corrected chi connectivity index (χ4v) is 2.58. The van der Waals surface area contributed by atoms with Gasteiger partial charge in [-0.15, -0.1) is 0 Å². The molecule has 1 N–H and O–H groups in total. The fraction of sp³-hybridized carbons (Fsp3) is 0.429. The van der Waals surface area contributed by atoms with Crippen molar-refractivity contribution in [2.24, 2.45) is 5.92 Å². The van der Waals surface area contributed by atoms with Crippen molar-refractivity contribution in [2.45, 2.75) is 19.4 Å². The lowest BCUT2D eigenvalue weighted by Crippen LogP contribution is -2.44. The van der Waals surface area contributed by atoms with Gasteiger partial charge in [0.05, 0.1) is 5.02 Å². The molecule has 1 saturated heterocycles. The summed E-state index contributed by atoms with van der Waals surface area (Å²) in [6.07, 6.45) is 0.689. The van der Waals surface area contributed by atoms with E-state index in [9.17, 15) is 14.7 Å². The number of likely N-dealkylation sites (tertiary alicyclic amines) is 1. The molecular weight excluding hydrogens is 282 g/mol. The van der Waals surface area contributed by atoms with Crippen molar-refractivity contribution in [3.8, 4) is 5.75 Å². The molecule has 1 aromatic carbocycles. The average molecular weight is 298 g/mol. The Balaban J connectivity index is 1.99. The summed E-state index contributed by atoms with van der Waals surface area (Å²) >= 11 is 5.93. The molecule has 1 aliphatic rings. The Hall–Kier alpha value is -1.75. The number of hydrogen-bond donors (Lipinski definition) is 1. The monoisotopic (exact) mass is 297 g/mol. The van der Waals surface area contributed by atoms with Crippen molar-refractivity contribution in [2.75, 3.05) is 13.2 Å². The zero-order valence-electron chi connectivity index (χ0n) is 11.1. The standard InChI is InChI=1S/C14H16ClNO4/c1-9-6-7-16(13(9)14(18)19)12(17)8-20-11-5-3-2-4-10(11)15/h2-5,9,13H,6-8H2,1H3,(H,18,19). The van der Waals surface area contributed by atoms with Crippen LogP contribution in [0.5, 0.6) is 5.75 Å². The van der Waals surface area contributed by atoms with Gasteiger partial charge in [-0.05, 0) is 24.5 Å². The van der Waals surface area contributed by atoms with Crippen LogP contribution in [0.4, 0.5) is 0 Å². The van der Waals surface area contributed by atoms with Gasteiger partial charge >= 0.3 is 5.97 Å². The van der Waals surface area contributed by atoms with E-state index in [1.807, 2.05) is 6.92 Å². The number of para-hydroxylation sites is 1. The summed E-state index contributed by atoms with van der Waals surface area (Å²) in [5, 5.41) is 9.60. The Morgan fingerprint density at radius 2 is 2.15 bits per heavy atom. The molecule has 20 heavy (non-hydrogen) atoms. The summed E-state index contributed by atoms with van der Waals surface area (Å²) < 4.78 is 5.36. The minimum atomic E-state index is -0.971. The second-order valence-corrected chi connectivity index (χ2v) is 5.26. The minimum Gasteiger partial charge on any atom is -0.482 e. The quantitative estimate of drug-likeness (QED) is 0.923. The van der Waals surface area contributed by atoms with Gasteiger partial charge in [-0.1, -0.05) is 30.7 Å². The van der Waals surface area contributed by atoms with E-state index in [0.717, 1.165) is 0 Å². The van der Waals surface area contributed by atoms with E-state index in [1.165, 1.54) is 4.90 Å². The predicted molar refractivity (Wildman–Crippen MR) is 73.9 cm³/mol. The van der Waals surface area contributed by atoms with Crippen LogP contribution in [0.2, 0.25) is 5.02 Å². The van der Waals surface area contributed by atoms with E-state index in [2.05, 4.69) is 0 Å². The highest BCUT2D eigenvalue weighted by Gasteiger charge is 2.39. The molecule has 2 atom stereocenters. The van der Waals surface area contributed by atoms with Crippen LogP contribution in [0.15, 0.2) is 24.3 Å². The number of aliphatic carboxylic acids is 1. The Morgan fingerprint density at radius 3 is 2.80 bits per heavy atom. The maximum Gasteiger partial charge on any atom is 0.326 e. The van der Waals surface area contributed by atoms with Crippen LogP contribution >= 0.6 is 11.6 Å². The van der Waals surface area contributed by atoms with Crippen LogP contribution in [-0.4, -0.2) is 41.1 Å². The normalized spacial score (nSPS) is 21.8. The van der Waals surface area contributed by atoms with Crippen molar-refractivity contribution in [3.63, 3.8) is 0 Å². The van der Waals surface area contributed by atoms with Gasteiger partial charge in [-0.25, -0.2) is 4.79 Å². The molecule has 0 spiro atoms. The SMILES string of the molecule is CC1CCN(C(=O)COc2ccccc2Cl)C1C(=O)O. The van der Waals surface area contributed by atoms with Crippen LogP contribution in [0, 0.1) is 5.92 Å². The number of carboxylic acid groups (broad SMARTS) is 1. The molecule has 0 aliphatic carbocycles. The second kappa shape index (κ2) is 6.13. The number of hydrogen-bond acceptors (Lipinski definition) is 3. The zero-order valence-corrected chi connectivity index (χ0v) is 11.8. The molecule has 0 radical (unpaired) electrons. The first kappa shape index (κ1) is 14.7. The van der Waals surface area contributed by atoms with Gasteiger partial charge in [0.2, 0.25) is 0 Å². The molecule has 2 unspecified atom stereocenters. The number of nitrogens with zero attached hydrogens (tertiary/aromatic N) is 1. The van der Waals surface area contributed by atoms with Crippen LogP contribution in [0.1, 0.15) is 13.3 Å². The van der Waals surface area contributed by atoms with E-state index >= 15 is 0 Å². The van der Waals surface area contributed by atoms with E-state index in [1.54, 1.807) is 24.3 Å². The molecule has 0 aromatic heterocycles. The van der Waals surface area contributed by atoms with Crippen LogP contribution < -0.4 is 4.74 Å². The zero-order chi connectivity index (χ0) is 14.7. The van der Waals surface area contributed by atoms with Gasteiger partial charge in [0.15, 0.2) is 6.61 Å². The van der Waals surface area contributed by atoms with E-state index in [0.29, 0.717) is 23.7 Å². The molecule has 1 aromatic rings. The maximum absolute atomic E-state index is 12.1. The number of amides is 1. The Labute approximate surface area is 122 Å². The number of rotatable bonds is 4. The molecule has 0 bridgehead atoms. The third-order valence-electron chi connectivity index (χ3n) is 3.46. The van der Waals surface area contributed by atoms with Gasteiger partial charge in [0.1, 0.15) is 11.8 Å². The third kappa shape index (κ3) is 3.04. The highest BCUT2D eigenvalue weighted by atomic mass is 35.5. The van der Waals surface area contributed by atoms with Gasteiger partial charge in [0, 0.05) is 6.54 Å². The smallest absolute Gasteiger partial charge is 0.326 e. The number of halogens is 1. The summed E-state index contributed by atoms with van der Waals surface area (Å²) in [5.41, 5.74) is 0. The van der Waals surface area contributed by atoms with E-state index in [-0.39, 0.29) is 18.4 Å². The molecule has 1 amide bonds. The van der Waals surface area contributed by atoms with Gasteiger partial charge in [-0.3, -0.25) is 4.79 Å². The number of carbonyl (C=O) groups excluding carboxylic acids is 1. The topological polar surface area (TPSA) is 66.8 Å². The first-order chi connectivity index (χ1) is 9.50.